The number of rotatable bonds is 6. The van der Waals surface area contributed by atoms with Gasteiger partial charge in [-0.1, -0.05) is 20.3 Å². The van der Waals surface area contributed by atoms with Gasteiger partial charge in [-0.05, 0) is 37.7 Å². The van der Waals surface area contributed by atoms with Crippen LogP contribution in [-0.2, 0) is 6.42 Å². The highest BCUT2D eigenvalue weighted by Gasteiger charge is 2.51. The first-order valence-electron chi connectivity index (χ1n) is 10.7. The average Bonchev–Trinajstić information content (AvgIpc) is 3.01. The largest absolute Gasteiger partial charge is 0.471 e. The molecule has 0 saturated heterocycles. The fourth-order valence-electron chi connectivity index (χ4n) is 4.82. The monoisotopic (exact) mass is 429 g/mol. The molecule has 1 amide bonds. The highest BCUT2D eigenvalue weighted by Crippen LogP contribution is 2.51. The van der Waals surface area contributed by atoms with Crippen molar-refractivity contribution < 1.29 is 9.53 Å². The highest BCUT2D eigenvalue weighted by atomic mass is 16.5. The molecule has 10 nitrogen and oxygen atoms in total. The Hall–Kier alpha value is -3.17. The van der Waals surface area contributed by atoms with Crippen LogP contribution in [0.1, 0.15) is 73.6 Å². The second kappa shape index (κ2) is 8.16. The molecule has 4 rings (SSSR count). The minimum atomic E-state index is -0.643. The Kier molecular flexibility index (Phi) is 5.55. The molecule has 1 aliphatic carbocycles. The molecule has 1 fully saturated rings. The van der Waals surface area contributed by atoms with Crippen molar-refractivity contribution in [2.45, 2.75) is 63.9 Å². The second-order valence-corrected chi connectivity index (χ2v) is 8.82. The third kappa shape index (κ3) is 4.19. The quantitative estimate of drug-likeness (QED) is 0.537. The van der Waals surface area contributed by atoms with Crippen molar-refractivity contribution >= 4 is 5.91 Å². The van der Waals surface area contributed by atoms with E-state index in [9.17, 15) is 19.2 Å². The molecule has 166 valence electrons. The van der Waals surface area contributed by atoms with Crippen molar-refractivity contribution in [1.82, 2.24) is 25.3 Å². The van der Waals surface area contributed by atoms with Crippen LogP contribution in [0.3, 0.4) is 0 Å². The van der Waals surface area contributed by atoms with Crippen LogP contribution in [0, 0.1) is 5.92 Å². The third-order valence-electron chi connectivity index (χ3n) is 6.07. The van der Waals surface area contributed by atoms with Crippen molar-refractivity contribution in [1.29, 1.82) is 0 Å². The molecule has 2 aliphatic rings. The van der Waals surface area contributed by atoms with Gasteiger partial charge in [0.15, 0.2) is 0 Å². The van der Waals surface area contributed by atoms with Gasteiger partial charge in [0.1, 0.15) is 11.3 Å². The number of aromatic amines is 3. The topological polar surface area (TPSA) is 150 Å². The predicted molar refractivity (Wildman–Crippen MR) is 113 cm³/mol. The van der Waals surface area contributed by atoms with Crippen molar-refractivity contribution in [3.05, 3.63) is 54.3 Å². The fraction of sp³-hybridized carbons (Fsp3) is 0.571. The Morgan fingerprint density at radius 3 is 2.84 bits per heavy atom. The molecule has 0 unspecified atom stereocenters. The number of nitrogens with zero attached hydrogens (tertiary/aromatic N) is 1. The number of fused-ring (bicyclic) bond motifs is 3. The number of hydrogen-bond acceptors (Lipinski definition) is 6. The van der Waals surface area contributed by atoms with E-state index in [4.69, 9.17) is 4.74 Å². The standard InChI is InChI=1S/C21H27N5O5/c1-11(2)9-12-10-14(24-19(29)23-12)16(27)22-8-7-21-6-4-3-5-13(21)15-17(28)25-20(30)26-18(15)31-21/h10-11,13H,3-9H2,1-2H3,(H,22,27)(H,23,24,29)(H2,25,26,28,30)/t13-,21+/m1/s1. The third-order valence-corrected chi connectivity index (χ3v) is 6.07. The number of nitrogens with one attached hydrogen (secondary N) is 4. The van der Waals surface area contributed by atoms with E-state index in [1.807, 2.05) is 13.8 Å². The number of carbonyl (C=O) groups excluding carboxylic acids is 1. The molecule has 4 N–H and O–H groups in total. The van der Waals surface area contributed by atoms with E-state index < -0.39 is 28.4 Å². The Morgan fingerprint density at radius 2 is 2.06 bits per heavy atom. The van der Waals surface area contributed by atoms with Gasteiger partial charge >= 0.3 is 11.4 Å². The van der Waals surface area contributed by atoms with Crippen molar-refractivity contribution in [2.24, 2.45) is 5.92 Å². The fourth-order valence-corrected chi connectivity index (χ4v) is 4.82. The Labute approximate surface area is 177 Å². The Morgan fingerprint density at radius 1 is 1.26 bits per heavy atom. The lowest BCUT2D eigenvalue weighted by molar-refractivity contribution is 0.0245. The molecule has 0 aromatic carbocycles. The van der Waals surface area contributed by atoms with Crippen LogP contribution in [0.15, 0.2) is 20.4 Å². The maximum absolute atomic E-state index is 12.6. The minimum absolute atomic E-state index is 0.0773. The number of aromatic nitrogens is 4. The number of carbonyl (C=O) groups is 1. The van der Waals surface area contributed by atoms with Crippen LogP contribution in [0.4, 0.5) is 0 Å². The van der Waals surface area contributed by atoms with Crippen LogP contribution < -0.4 is 27.0 Å². The van der Waals surface area contributed by atoms with E-state index in [-0.39, 0.29) is 17.5 Å². The van der Waals surface area contributed by atoms with E-state index in [1.54, 1.807) is 6.07 Å². The summed E-state index contributed by atoms with van der Waals surface area (Å²) in [6.45, 7) is 4.34. The molecule has 1 aliphatic heterocycles. The van der Waals surface area contributed by atoms with Gasteiger partial charge in [0.2, 0.25) is 5.88 Å². The molecule has 1 saturated carbocycles. The van der Waals surface area contributed by atoms with Crippen LogP contribution in [0.5, 0.6) is 5.88 Å². The maximum atomic E-state index is 12.6. The number of ether oxygens (including phenoxy) is 1. The molecule has 2 aromatic heterocycles. The van der Waals surface area contributed by atoms with E-state index in [0.29, 0.717) is 36.6 Å². The maximum Gasteiger partial charge on any atom is 0.345 e. The van der Waals surface area contributed by atoms with Crippen molar-refractivity contribution in [3.8, 4) is 5.88 Å². The van der Waals surface area contributed by atoms with Gasteiger partial charge < -0.3 is 15.0 Å². The normalized spacial score (nSPS) is 22.0. The predicted octanol–water partition coefficient (Wildman–Crippen LogP) is 0.954. The van der Waals surface area contributed by atoms with Gasteiger partial charge in [-0.25, -0.2) is 9.59 Å². The van der Waals surface area contributed by atoms with E-state index in [0.717, 1.165) is 25.7 Å². The van der Waals surface area contributed by atoms with Crippen LogP contribution in [0.25, 0.3) is 0 Å². The molecule has 3 heterocycles. The van der Waals surface area contributed by atoms with Crippen LogP contribution in [0.2, 0.25) is 0 Å². The first-order chi connectivity index (χ1) is 14.8. The molecule has 10 heteroatoms. The van der Waals surface area contributed by atoms with Gasteiger partial charge in [0.25, 0.3) is 11.5 Å². The second-order valence-electron chi connectivity index (χ2n) is 8.82. The van der Waals surface area contributed by atoms with Gasteiger partial charge in [0.05, 0.1) is 5.56 Å². The van der Waals surface area contributed by atoms with Crippen LogP contribution >= 0.6 is 0 Å². The zero-order valence-electron chi connectivity index (χ0n) is 17.7. The van der Waals surface area contributed by atoms with Crippen molar-refractivity contribution in [2.75, 3.05) is 6.54 Å². The van der Waals surface area contributed by atoms with Gasteiger partial charge in [-0.15, -0.1) is 0 Å². The smallest absolute Gasteiger partial charge is 0.345 e. The summed E-state index contributed by atoms with van der Waals surface area (Å²) in [5, 5.41) is 2.82. The van der Waals surface area contributed by atoms with Gasteiger partial charge in [-0.3, -0.25) is 19.6 Å². The number of amides is 1. The first-order valence-corrected chi connectivity index (χ1v) is 10.7. The number of H-pyrrole nitrogens is 3. The SMILES string of the molecule is CC(C)Cc1cc(C(=O)NCC[C@@]23CCCC[C@@H]2c2c([nH]c(=O)[nH]c2=O)O3)nc(=O)[nH]1. The summed E-state index contributed by atoms with van der Waals surface area (Å²) in [7, 11) is 0. The van der Waals surface area contributed by atoms with E-state index in [1.165, 1.54) is 0 Å². The highest BCUT2D eigenvalue weighted by molar-refractivity contribution is 5.92. The summed E-state index contributed by atoms with van der Waals surface area (Å²) >= 11 is 0. The lowest BCUT2D eigenvalue weighted by atomic mass is 9.72. The van der Waals surface area contributed by atoms with E-state index in [2.05, 4.69) is 25.3 Å². The Bertz CT molecular complexity index is 1160. The zero-order chi connectivity index (χ0) is 22.2. The summed E-state index contributed by atoms with van der Waals surface area (Å²) in [6.07, 6.45) is 4.53. The van der Waals surface area contributed by atoms with Crippen molar-refractivity contribution in [3.63, 3.8) is 0 Å². The zero-order valence-corrected chi connectivity index (χ0v) is 17.7. The summed E-state index contributed by atoms with van der Waals surface area (Å²) in [4.78, 5) is 59.8. The van der Waals surface area contributed by atoms with Crippen LogP contribution in [-0.4, -0.2) is 38.0 Å². The summed E-state index contributed by atoms with van der Waals surface area (Å²) < 4.78 is 6.13. The average molecular weight is 429 g/mol. The van der Waals surface area contributed by atoms with Gasteiger partial charge in [0, 0.05) is 24.6 Å². The lowest BCUT2D eigenvalue weighted by Gasteiger charge is -2.38. The first kappa shape index (κ1) is 21.1. The molecule has 0 spiro atoms. The summed E-state index contributed by atoms with van der Waals surface area (Å²) in [6, 6.07) is 1.60. The summed E-state index contributed by atoms with van der Waals surface area (Å²) in [5.74, 6) is -0.000628. The minimum Gasteiger partial charge on any atom is -0.471 e. The summed E-state index contributed by atoms with van der Waals surface area (Å²) in [5.41, 5.74) is -0.967. The molecule has 31 heavy (non-hydrogen) atoms. The Balaban J connectivity index is 1.48. The molecule has 2 atom stereocenters. The molecule has 0 bridgehead atoms. The van der Waals surface area contributed by atoms with Gasteiger partial charge in [-0.2, -0.15) is 4.98 Å². The number of hydrogen-bond donors (Lipinski definition) is 4. The lowest BCUT2D eigenvalue weighted by Crippen LogP contribution is -2.44. The molecular formula is C21H27N5O5. The molecule has 0 radical (unpaired) electrons. The molecular weight excluding hydrogens is 402 g/mol. The van der Waals surface area contributed by atoms with E-state index >= 15 is 0 Å². The molecule has 2 aromatic rings.